The van der Waals surface area contributed by atoms with Gasteiger partial charge in [0.15, 0.2) is 0 Å². The Balaban J connectivity index is 1.66. The molecule has 1 aliphatic rings. The van der Waals surface area contributed by atoms with Gasteiger partial charge < -0.3 is 14.8 Å². The second kappa shape index (κ2) is 8.16. The Morgan fingerprint density at radius 1 is 1.35 bits per heavy atom. The molecule has 0 saturated carbocycles. The Bertz CT molecular complexity index is 821. The van der Waals surface area contributed by atoms with E-state index >= 15 is 0 Å². The van der Waals surface area contributed by atoms with Gasteiger partial charge in [-0.3, -0.25) is 14.9 Å². The molecule has 1 saturated heterocycles. The minimum absolute atomic E-state index is 0.0175. The molecule has 0 aromatic heterocycles. The molecular formula is C18H17ClN2O5. The van der Waals surface area contributed by atoms with Crippen LogP contribution in [0.15, 0.2) is 42.5 Å². The second-order valence-electron chi connectivity index (χ2n) is 5.85. The van der Waals surface area contributed by atoms with Gasteiger partial charge in [0.2, 0.25) is 0 Å². The van der Waals surface area contributed by atoms with Crippen molar-refractivity contribution in [2.75, 3.05) is 18.5 Å². The Morgan fingerprint density at radius 3 is 2.92 bits per heavy atom. The molecule has 1 N–H and O–H groups in total. The number of ether oxygens (including phenoxy) is 2. The predicted octanol–water partition coefficient (Wildman–Crippen LogP) is 4.06. The second-order valence-corrected chi connectivity index (χ2v) is 6.26. The molecule has 1 fully saturated rings. The van der Waals surface area contributed by atoms with E-state index in [0.717, 1.165) is 25.5 Å². The molecule has 3 rings (SSSR count). The maximum atomic E-state index is 12.3. The van der Waals surface area contributed by atoms with Crippen molar-refractivity contribution in [1.82, 2.24) is 0 Å². The van der Waals surface area contributed by atoms with Crippen molar-refractivity contribution in [2.45, 2.75) is 18.9 Å². The lowest BCUT2D eigenvalue weighted by atomic mass is 10.2. The standard InChI is InChI=1S/C18H17ClN2O5/c19-16-7-6-12(9-17(16)21(23)24)18(22)20-13-3-1-4-14(10-13)26-11-15-5-2-8-25-15/h1,3-4,6-7,9-10,15H,2,5,8,11H2,(H,20,22). The lowest BCUT2D eigenvalue weighted by Gasteiger charge is -2.12. The van der Waals surface area contributed by atoms with Gasteiger partial charge in [-0.2, -0.15) is 0 Å². The fourth-order valence-corrected chi connectivity index (χ4v) is 2.81. The zero-order valence-corrected chi connectivity index (χ0v) is 14.6. The van der Waals surface area contributed by atoms with Gasteiger partial charge >= 0.3 is 0 Å². The van der Waals surface area contributed by atoms with E-state index in [0.29, 0.717) is 18.0 Å². The average Bonchev–Trinajstić information content (AvgIpc) is 3.14. The van der Waals surface area contributed by atoms with Gasteiger partial charge in [0, 0.05) is 30.0 Å². The summed E-state index contributed by atoms with van der Waals surface area (Å²) >= 11 is 5.77. The highest BCUT2D eigenvalue weighted by Gasteiger charge is 2.17. The average molecular weight is 377 g/mol. The van der Waals surface area contributed by atoms with E-state index in [1.165, 1.54) is 12.1 Å². The van der Waals surface area contributed by atoms with E-state index in [-0.39, 0.29) is 22.4 Å². The number of benzene rings is 2. The molecule has 2 aromatic rings. The number of amides is 1. The monoisotopic (exact) mass is 376 g/mol. The van der Waals surface area contributed by atoms with Crippen molar-refractivity contribution in [3.8, 4) is 5.75 Å². The Hall–Kier alpha value is -2.64. The lowest BCUT2D eigenvalue weighted by Crippen LogP contribution is -2.16. The van der Waals surface area contributed by atoms with E-state index in [2.05, 4.69) is 5.32 Å². The molecule has 0 radical (unpaired) electrons. The fraction of sp³-hybridized carbons (Fsp3) is 0.278. The first kappa shape index (κ1) is 18.2. The van der Waals surface area contributed by atoms with Crippen molar-refractivity contribution in [2.24, 2.45) is 0 Å². The highest BCUT2D eigenvalue weighted by atomic mass is 35.5. The molecule has 1 unspecified atom stereocenters. The van der Waals surface area contributed by atoms with Crippen LogP contribution in [0, 0.1) is 10.1 Å². The predicted molar refractivity (Wildman–Crippen MR) is 97.0 cm³/mol. The number of carbonyl (C=O) groups excluding carboxylic acids is 1. The van der Waals surface area contributed by atoms with Crippen LogP contribution in [-0.2, 0) is 4.74 Å². The van der Waals surface area contributed by atoms with E-state index < -0.39 is 10.8 Å². The third kappa shape index (κ3) is 4.50. The Morgan fingerprint density at radius 2 is 2.19 bits per heavy atom. The molecule has 7 nitrogen and oxygen atoms in total. The van der Waals surface area contributed by atoms with Crippen LogP contribution in [-0.4, -0.2) is 30.1 Å². The normalized spacial score (nSPS) is 16.3. The lowest BCUT2D eigenvalue weighted by molar-refractivity contribution is -0.384. The molecular weight excluding hydrogens is 360 g/mol. The number of nitro groups is 1. The SMILES string of the molecule is O=C(Nc1cccc(OCC2CCCO2)c1)c1ccc(Cl)c([N+](=O)[O-])c1. The van der Waals surface area contributed by atoms with E-state index in [4.69, 9.17) is 21.1 Å². The first-order chi connectivity index (χ1) is 12.5. The van der Waals surface area contributed by atoms with Crippen LogP contribution in [0.2, 0.25) is 5.02 Å². The van der Waals surface area contributed by atoms with E-state index in [1.807, 2.05) is 0 Å². The maximum absolute atomic E-state index is 12.3. The minimum Gasteiger partial charge on any atom is -0.491 e. The molecule has 26 heavy (non-hydrogen) atoms. The number of halogens is 1. The molecule has 0 bridgehead atoms. The summed E-state index contributed by atoms with van der Waals surface area (Å²) in [7, 11) is 0. The molecule has 0 aliphatic carbocycles. The van der Waals surface area contributed by atoms with Gasteiger partial charge in [-0.1, -0.05) is 17.7 Å². The zero-order chi connectivity index (χ0) is 18.5. The van der Waals surface area contributed by atoms with Crippen LogP contribution >= 0.6 is 11.6 Å². The summed E-state index contributed by atoms with van der Waals surface area (Å²) in [6.07, 6.45) is 2.12. The van der Waals surface area contributed by atoms with Gasteiger partial charge in [0.05, 0.1) is 11.0 Å². The molecule has 0 spiro atoms. The molecule has 2 aromatic carbocycles. The van der Waals surface area contributed by atoms with Crippen LogP contribution < -0.4 is 10.1 Å². The van der Waals surface area contributed by atoms with Gasteiger partial charge in [-0.15, -0.1) is 0 Å². The first-order valence-electron chi connectivity index (χ1n) is 8.12. The zero-order valence-electron chi connectivity index (χ0n) is 13.8. The summed E-state index contributed by atoms with van der Waals surface area (Å²) in [4.78, 5) is 22.7. The summed E-state index contributed by atoms with van der Waals surface area (Å²) in [5.41, 5.74) is 0.359. The topological polar surface area (TPSA) is 90.7 Å². The molecule has 1 heterocycles. The van der Waals surface area contributed by atoms with Crippen LogP contribution in [0.1, 0.15) is 23.2 Å². The third-order valence-corrected chi connectivity index (χ3v) is 4.28. The number of nitro benzene ring substituents is 1. The highest BCUT2D eigenvalue weighted by Crippen LogP contribution is 2.26. The minimum atomic E-state index is -0.626. The fourth-order valence-electron chi connectivity index (χ4n) is 2.63. The van der Waals surface area contributed by atoms with E-state index in [9.17, 15) is 14.9 Å². The summed E-state index contributed by atoms with van der Waals surface area (Å²) in [5, 5.41) is 13.6. The number of hydrogen-bond donors (Lipinski definition) is 1. The molecule has 1 amide bonds. The molecule has 1 aliphatic heterocycles. The quantitative estimate of drug-likeness (QED) is 0.606. The van der Waals surface area contributed by atoms with Crippen molar-refractivity contribution in [1.29, 1.82) is 0 Å². The van der Waals surface area contributed by atoms with Crippen LogP contribution in [0.4, 0.5) is 11.4 Å². The Labute approximate surface area is 155 Å². The number of nitrogens with zero attached hydrogens (tertiary/aromatic N) is 1. The molecule has 1 atom stereocenters. The highest BCUT2D eigenvalue weighted by molar-refractivity contribution is 6.32. The van der Waals surface area contributed by atoms with E-state index in [1.54, 1.807) is 24.3 Å². The number of nitrogens with one attached hydrogen (secondary N) is 1. The third-order valence-electron chi connectivity index (χ3n) is 3.96. The van der Waals surface area contributed by atoms with Crippen LogP contribution in [0.3, 0.4) is 0 Å². The number of hydrogen-bond acceptors (Lipinski definition) is 5. The van der Waals surface area contributed by atoms with Gasteiger partial charge in [-0.05, 0) is 37.1 Å². The Kier molecular flexibility index (Phi) is 5.70. The van der Waals surface area contributed by atoms with Crippen LogP contribution in [0.5, 0.6) is 5.75 Å². The smallest absolute Gasteiger partial charge is 0.288 e. The van der Waals surface area contributed by atoms with Crippen molar-refractivity contribution in [3.05, 3.63) is 63.2 Å². The van der Waals surface area contributed by atoms with Gasteiger partial charge in [0.25, 0.3) is 11.6 Å². The molecule has 136 valence electrons. The maximum Gasteiger partial charge on any atom is 0.288 e. The van der Waals surface area contributed by atoms with Crippen molar-refractivity contribution >= 4 is 28.9 Å². The molecule has 8 heteroatoms. The summed E-state index contributed by atoms with van der Waals surface area (Å²) < 4.78 is 11.2. The largest absolute Gasteiger partial charge is 0.491 e. The summed E-state index contributed by atoms with van der Waals surface area (Å²) in [6.45, 7) is 1.22. The van der Waals surface area contributed by atoms with Crippen molar-refractivity contribution < 1.29 is 19.2 Å². The van der Waals surface area contributed by atoms with Gasteiger partial charge in [0.1, 0.15) is 17.4 Å². The first-order valence-corrected chi connectivity index (χ1v) is 8.50. The number of rotatable bonds is 6. The number of anilines is 1. The van der Waals surface area contributed by atoms with Gasteiger partial charge in [-0.25, -0.2) is 0 Å². The summed E-state index contributed by atoms with van der Waals surface area (Å²) in [6, 6.07) is 10.9. The van der Waals surface area contributed by atoms with Crippen molar-refractivity contribution in [3.63, 3.8) is 0 Å². The number of carbonyl (C=O) groups is 1. The summed E-state index contributed by atoms with van der Waals surface area (Å²) in [5.74, 6) is 0.140. The van der Waals surface area contributed by atoms with Crippen LogP contribution in [0.25, 0.3) is 0 Å².